The number of Topliss-reactive ketones (excluding diaryl/α,β-unsaturated/α-hetero) is 1. The highest BCUT2D eigenvalue weighted by Gasteiger charge is 2.49. The summed E-state index contributed by atoms with van der Waals surface area (Å²) in [5.41, 5.74) is 0.691. The summed E-state index contributed by atoms with van der Waals surface area (Å²) in [6, 6.07) is 12.7. The monoisotopic (exact) mass is 478 g/mol. The lowest BCUT2D eigenvalue weighted by molar-refractivity contribution is -0.132. The Bertz CT molecular complexity index is 1450. The number of aliphatic hydroxyl groups is 1. The number of benzene rings is 2. The average Bonchev–Trinajstić information content (AvgIpc) is 3.50. The van der Waals surface area contributed by atoms with E-state index < -0.39 is 29.3 Å². The number of fused-ring (bicyclic) bond motifs is 1. The first-order valence-corrected chi connectivity index (χ1v) is 11.4. The number of thiazole rings is 1. The minimum Gasteiger partial charge on any atom is -0.507 e. The molecule has 172 valence electrons. The molecule has 1 fully saturated rings. The van der Waals surface area contributed by atoms with Gasteiger partial charge in [0.15, 0.2) is 5.13 Å². The minimum absolute atomic E-state index is 0.153. The number of amides is 1. The van der Waals surface area contributed by atoms with Crippen LogP contribution in [0, 0.1) is 12.7 Å². The van der Waals surface area contributed by atoms with Gasteiger partial charge in [0.2, 0.25) is 0 Å². The first-order chi connectivity index (χ1) is 16.4. The molecule has 9 heteroatoms. The number of furan rings is 1. The highest BCUT2D eigenvalue weighted by atomic mass is 32.1. The molecule has 1 saturated heterocycles. The molecule has 4 aromatic rings. The summed E-state index contributed by atoms with van der Waals surface area (Å²) in [7, 11) is 0. The SMILES string of the molecule is CCOc1ccc2nc(N3C(=O)C(=O)/C(=C(/O)c4ccc(F)cc4)C3c3ccc(C)o3)sc2c1. The fraction of sp³-hybridized carbons (Fsp3) is 0.160. The van der Waals surface area contributed by atoms with Crippen LogP contribution in [0.15, 0.2) is 64.6 Å². The molecule has 5 rings (SSSR count). The largest absolute Gasteiger partial charge is 0.507 e. The van der Waals surface area contributed by atoms with E-state index in [1.54, 1.807) is 31.2 Å². The molecule has 0 saturated carbocycles. The Morgan fingerprint density at radius 1 is 1.18 bits per heavy atom. The molecule has 2 aromatic carbocycles. The molecule has 1 amide bonds. The predicted molar refractivity (Wildman–Crippen MR) is 125 cm³/mol. The van der Waals surface area contributed by atoms with Crippen molar-refractivity contribution in [2.24, 2.45) is 0 Å². The van der Waals surface area contributed by atoms with Gasteiger partial charge < -0.3 is 14.3 Å². The van der Waals surface area contributed by atoms with Gasteiger partial charge in [-0.05, 0) is 68.4 Å². The van der Waals surface area contributed by atoms with Crippen LogP contribution in [0.4, 0.5) is 9.52 Å². The van der Waals surface area contributed by atoms with Crippen molar-refractivity contribution >= 4 is 44.1 Å². The zero-order valence-electron chi connectivity index (χ0n) is 18.2. The quantitative estimate of drug-likeness (QED) is 0.236. The molecular formula is C25H19FN2O5S. The number of rotatable bonds is 5. The lowest BCUT2D eigenvalue weighted by atomic mass is 9.99. The first kappa shape index (κ1) is 21.8. The molecule has 1 N–H and O–H groups in total. The molecule has 34 heavy (non-hydrogen) atoms. The Morgan fingerprint density at radius 2 is 1.94 bits per heavy atom. The number of nitrogens with zero attached hydrogens (tertiary/aromatic N) is 2. The highest BCUT2D eigenvalue weighted by molar-refractivity contribution is 7.22. The lowest BCUT2D eigenvalue weighted by Crippen LogP contribution is -2.29. The summed E-state index contributed by atoms with van der Waals surface area (Å²) in [6.07, 6.45) is 0. The van der Waals surface area contributed by atoms with Crippen molar-refractivity contribution in [1.82, 2.24) is 4.98 Å². The molecule has 1 unspecified atom stereocenters. The van der Waals surface area contributed by atoms with Crippen molar-refractivity contribution in [3.8, 4) is 5.75 Å². The van der Waals surface area contributed by atoms with Crippen LogP contribution in [0.3, 0.4) is 0 Å². The number of ether oxygens (including phenoxy) is 1. The fourth-order valence-electron chi connectivity index (χ4n) is 3.91. The summed E-state index contributed by atoms with van der Waals surface area (Å²) in [6.45, 7) is 4.13. The van der Waals surface area contributed by atoms with Gasteiger partial charge in [0.25, 0.3) is 5.78 Å². The molecule has 1 aliphatic rings. The van der Waals surface area contributed by atoms with E-state index in [9.17, 15) is 19.1 Å². The van der Waals surface area contributed by atoms with Crippen molar-refractivity contribution in [2.45, 2.75) is 19.9 Å². The Hall–Kier alpha value is -3.98. The zero-order chi connectivity index (χ0) is 24.0. The predicted octanol–water partition coefficient (Wildman–Crippen LogP) is 5.36. The van der Waals surface area contributed by atoms with E-state index in [0.717, 1.165) is 4.70 Å². The minimum atomic E-state index is -1.04. The summed E-state index contributed by atoms with van der Waals surface area (Å²) >= 11 is 1.22. The number of aryl methyl sites for hydroxylation is 1. The van der Waals surface area contributed by atoms with E-state index in [1.165, 1.54) is 40.5 Å². The van der Waals surface area contributed by atoms with Gasteiger partial charge in [-0.15, -0.1) is 0 Å². The van der Waals surface area contributed by atoms with Crippen LogP contribution in [-0.4, -0.2) is 28.4 Å². The molecule has 1 aliphatic heterocycles. The Morgan fingerprint density at radius 3 is 2.62 bits per heavy atom. The van der Waals surface area contributed by atoms with Gasteiger partial charge in [0.1, 0.15) is 34.9 Å². The van der Waals surface area contributed by atoms with Crippen LogP contribution >= 0.6 is 11.3 Å². The van der Waals surface area contributed by atoms with Crippen LogP contribution in [0.2, 0.25) is 0 Å². The molecular weight excluding hydrogens is 459 g/mol. The molecule has 1 atom stereocenters. The molecule has 0 radical (unpaired) electrons. The third-order valence-electron chi connectivity index (χ3n) is 5.46. The standard InChI is InChI=1S/C25H19FN2O5S/c1-3-32-16-9-10-17-19(12-16)34-25(27-17)28-21(18-11-4-13(2)33-18)20(23(30)24(28)31)22(29)14-5-7-15(26)8-6-14/h4-12,21,29H,3H2,1-2H3/b22-20+. The number of halogens is 1. The van der Waals surface area contributed by atoms with E-state index >= 15 is 0 Å². The summed E-state index contributed by atoms with van der Waals surface area (Å²) in [5.74, 6) is -1.08. The second-order valence-electron chi connectivity index (χ2n) is 7.68. The number of aromatic nitrogens is 1. The molecule has 7 nitrogen and oxygen atoms in total. The van der Waals surface area contributed by atoms with Gasteiger partial charge in [-0.3, -0.25) is 14.5 Å². The summed E-state index contributed by atoms with van der Waals surface area (Å²) in [4.78, 5) is 32.2. The van der Waals surface area contributed by atoms with Gasteiger partial charge >= 0.3 is 5.91 Å². The third-order valence-corrected chi connectivity index (χ3v) is 6.48. The number of aliphatic hydroxyl groups excluding tert-OH is 1. The second-order valence-corrected chi connectivity index (χ2v) is 8.69. The Kier molecular flexibility index (Phi) is 5.41. The van der Waals surface area contributed by atoms with E-state index in [0.29, 0.717) is 29.4 Å². The number of hydrogen-bond donors (Lipinski definition) is 1. The van der Waals surface area contributed by atoms with Gasteiger partial charge in [0, 0.05) is 5.56 Å². The van der Waals surface area contributed by atoms with E-state index in [-0.39, 0.29) is 16.3 Å². The Balaban J connectivity index is 1.68. The van der Waals surface area contributed by atoms with Crippen molar-refractivity contribution in [2.75, 3.05) is 11.5 Å². The normalized spacial score (nSPS) is 17.6. The molecule has 0 bridgehead atoms. The fourth-order valence-corrected chi connectivity index (χ4v) is 4.94. The van der Waals surface area contributed by atoms with Crippen molar-refractivity contribution in [3.63, 3.8) is 0 Å². The molecule has 0 spiro atoms. The average molecular weight is 479 g/mol. The second kappa shape index (κ2) is 8.42. The van der Waals surface area contributed by atoms with Gasteiger partial charge in [0.05, 0.1) is 22.4 Å². The summed E-state index contributed by atoms with van der Waals surface area (Å²) in [5, 5.41) is 11.3. The number of ketones is 1. The van der Waals surface area contributed by atoms with Crippen LogP contribution in [-0.2, 0) is 9.59 Å². The zero-order valence-corrected chi connectivity index (χ0v) is 19.1. The van der Waals surface area contributed by atoms with Gasteiger partial charge in [-0.2, -0.15) is 0 Å². The van der Waals surface area contributed by atoms with Crippen molar-refractivity contribution in [1.29, 1.82) is 0 Å². The van der Waals surface area contributed by atoms with Crippen molar-refractivity contribution in [3.05, 3.63) is 83.1 Å². The van der Waals surface area contributed by atoms with Crippen LogP contribution in [0.25, 0.3) is 16.0 Å². The van der Waals surface area contributed by atoms with E-state index in [4.69, 9.17) is 9.15 Å². The van der Waals surface area contributed by atoms with E-state index in [2.05, 4.69) is 4.98 Å². The smallest absolute Gasteiger partial charge is 0.302 e. The molecule has 2 aromatic heterocycles. The maximum Gasteiger partial charge on any atom is 0.302 e. The Labute approximate surface area is 197 Å². The van der Waals surface area contributed by atoms with Crippen LogP contribution in [0.1, 0.15) is 30.0 Å². The summed E-state index contributed by atoms with van der Waals surface area (Å²) < 4.78 is 25.5. The number of carbonyl (C=O) groups is 2. The maximum atomic E-state index is 13.4. The molecule has 3 heterocycles. The van der Waals surface area contributed by atoms with E-state index in [1.807, 2.05) is 13.0 Å². The van der Waals surface area contributed by atoms with Gasteiger partial charge in [-0.25, -0.2) is 9.37 Å². The number of carbonyl (C=O) groups excluding carboxylic acids is 2. The maximum absolute atomic E-state index is 13.4. The highest BCUT2D eigenvalue weighted by Crippen LogP contribution is 2.45. The number of anilines is 1. The molecule has 0 aliphatic carbocycles. The first-order valence-electron chi connectivity index (χ1n) is 10.5. The van der Waals surface area contributed by atoms with Crippen LogP contribution < -0.4 is 9.64 Å². The topological polar surface area (TPSA) is 92.9 Å². The third kappa shape index (κ3) is 3.63. The van der Waals surface area contributed by atoms with Crippen LogP contribution in [0.5, 0.6) is 5.75 Å². The van der Waals surface area contributed by atoms with Gasteiger partial charge in [-0.1, -0.05) is 11.3 Å². The lowest BCUT2D eigenvalue weighted by Gasteiger charge is -2.20. The van der Waals surface area contributed by atoms with Crippen molar-refractivity contribution < 1.29 is 28.2 Å². The number of hydrogen-bond acceptors (Lipinski definition) is 7.